The molecule has 2 aliphatic rings. The first-order chi connectivity index (χ1) is 11.1. The molecular weight excluding hydrogens is 294 g/mol. The number of nitrogens with zero attached hydrogens (tertiary/aromatic N) is 4. The van der Waals surface area contributed by atoms with Gasteiger partial charge in [-0.25, -0.2) is 4.98 Å². The monoisotopic (exact) mass is 319 g/mol. The zero-order valence-corrected chi connectivity index (χ0v) is 13.9. The van der Waals surface area contributed by atoms with Crippen molar-refractivity contribution in [2.45, 2.75) is 39.2 Å². The lowest BCUT2D eigenvalue weighted by Gasteiger charge is -2.39. The lowest BCUT2D eigenvalue weighted by molar-refractivity contribution is 0.0795. The largest absolute Gasteiger partial charge is 0.446 e. The SMILES string of the molecule is CC(C)CC(N)c1nc(C(=O)N2CCCN3CCCN=C32)co1. The molecule has 0 spiro atoms. The lowest BCUT2D eigenvalue weighted by atomic mass is 10.0. The number of aliphatic imine (C=N–C) groups is 1. The normalized spacial score (nSPS) is 19.6. The molecule has 126 valence electrons. The molecule has 3 rings (SSSR count). The number of rotatable bonds is 4. The van der Waals surface area contributed by atoms with Gasteiger partial charge >= 0.3 is 0 Å². The van der Waals surface area contributed by atoms with Crippen LogP contribution in [0.1, 0.15) is 55.5 Å². The van der Waals surface area contributed by atoms with E-state index in [0.717, 1.165) is 44.9 Å². The maximum Gasteiger partial charge on any atom is 0.282 e. The molecule has 23 heavy (non-hydrogen) atoms. The van der Waals surface area contributed by atoms with Crippen LogP contribution >= 0.6 is 0 Å². The average molecular weight is 319 g/mol. The maximum absolute atomic E-state index is 12.8. The van der Waals surface area contributed by atoms with Crippen LogP contribution < -0.4 is 5.73 Å². The van der Waals surface area contributed by atoms with Crippen LogP contribution in [0.15, 0.2) is 15.7 Å². The first kappa shape index (κ1) is 16.0. The standard InChI is InChI=1S/C16H25N5O2/c1-11(2)9-12(17)14-19-13(10-23-14)15(22)21-8-4-7-20-6-3-5-18-16(20)21/h10-12H,3-9,17H2,1-2H3. The van der Waals surface area contributed by atoms with Gasteiger partial charge in [-0.2, -0.15) is 0 Å². The quantitative estimate of drug-likeness (QED) is 0.911. The highest BCUT2D eigenvalue weighted by atomic mass is 16.3. The Morgan fingerprint density at radius 3 is 2.91 bits per heavy atom. The van der Waals surface area contributed by atoms with Gasteiger partial charge in [-0.15, -0.1) is 0 Å². The van der Waals surface area contributed by atoms with Gasteiger partial charge in [0.15, 0.2) is 5.69 Å². The van der Waals surface area contributed by atoms with Gasteiger partial charge in [-0.05, 0) is 25.2 Å². The van der Waals surface area contributed by atoms with Gasteiger partial charge in [-0.1, -0.05) is 13.8 Å². The number of carbonyl (C=O) groups excluding carboxylic acids is 1. The summed E-state index contributed by atoms with van der Waals surface area (Å²) in [4.78, 5) is 25.5. The van der Waals surface area contributed by atoms with Crippen LogP contribution in [0.25, 0.3) is 0 Å². The predicted octanol–water partition coefficient (Wildman–Crippen LogP) is 1.63. The van der Waals surface area contributed by atoms with Crippen molar-refractivity contribution in [3.8, 4) is 0 Å². The number of hydrogen-bond donors (Lipinski definition) is 1. The molecule has 1 atom stereocenters. The fourth-order valence-electron chi connectivity index (χ4n) is 3.12. The molecule has 3 heterocycles. The van der Waals surface area contributed by atoms with Crippen LogP contribution in [0.2, 0.25) is 0 Å². The van der Waals surface area contributed by atoms with Crippen LogP contribution in [0.4, 0.5) is 0 Å². The molecule has 0 bridgehead atoms. The summed E-state index contributed by atoms with van der Waals surface area (Å²) >= 11 is 0. The third-order valence-corrected chi connectivity index (χ3v) is 4.20. The number of fused-ring (bicyclic) bond motifs is 1. The second-order valence-electron chi connectivity index (χ2n) is 6.64. The Hall–Kier alpha value is -1.89. The van der Waals surface area contributed by atoms with Crippen LogP contribution in [-0.2, 0) is 0 Å². The van der Waals surface area contributed by atoms with Gasteiger partial charge in [0.2, 0.25) is 11.9 Å². The summed E-state index contributed by atoms with van der Waals surface area (Å²) in [7, 11) is 0. The summed E-state index contributed by atoms with van der Waals surface area (Å²) < 4.78 is 5.44. The number of amides is 1. The molecule has 1 amide bonds. The van der Waals surface area contributed by atoms with E-state index >= 15 is 0 Å². The van der Waals surface area contributed by atoms with Gasteiger partial charge in [0.1, 0.15) is 6.26 Å². The van der Waals surface area contributed by atoms with Crippen molar-refractivity contribution < 1.29 is 9.21 Å². The highest BCUT2D eigenvalue weighted by Crippen LogP contribution is 2.20. The summed E-state index contributed by atoms with van der Waals surface area (Å²) in [5.74, 6) is 1.51. The van der Waals surface area contributed by atoms with E-state index in [1.54, 1.807) is 4.90 Å². The first-order valence-corrected chi connectivity index (χ1v) is 8.38. The van der Waals surface area contributed by atoms with E-state index in [-0.39, 0.29) is 11.9 Å². The third-order valence-electron chi connectivity index (χ3n) is 4.20. The first-order valence-electron chi connectivity index (χ1n) is 8.38. The van der Waals surface area contributed by atoms with Crippen LogP contribution in [0.3, 0.4) is 0 Å². The Bertz CT molecular complexity index is 595. The number of guanidine groups is 1. The molecule has 1 aromatic heterocycles. The van der Waals surface area contributed by atoms with Crippen molar-refractivity contribution in [1.82, 2.24) is 14.8 Å². The molecule has 1 aromatic rings. The summed E-state index contributed by atoms with van der Waals surface area (Å²) in [5.41, 5.74) is 6.40. The molecule has 1 fully saturated rings. The smallest absolute Gasteiger partial charge is 0.282 e. The molecule has 1 saturated heterocycles. The Morgan fingerprint density at radius 2 is 2.13 bits per heavy atom. The lowest BCUT2D eigenvalue weighted by Crippen LogP contribution is -2.54. The van der Waals surface area contributed by atoms with E-state index < -0.39 is 0 Å². The van der Waals surface area contributed by atoms with Crippen LogP contribution in [0, 0.1) is 5.92 Å². The van der Waals surface area contributed by atoms with Crippen molar-refractivity contribution in [2.24, 2.45) is 16.6 Å². The second-order valence-corrected chi connectivity index (χ2v) is 6.64. The van der Waals surface area contributed by atoms with Gasteiger partial charge in [0.05, 0.1) is 6.04 Å². The van der Waals surface area contributed by atoms with Crippen molar-refractivity contribution in [3.05, 3.63) is 17.8 Å². The highest BCUT2D eigenvalue weighted by Gasteiger charge is 2.32. The predicted molar refractivity (Wildman–Crippen MR) is 87.0 cm³/mol. The Morgan fingerprint density at radius 1 is 1.35 bits per heavy atom. The molecule has 2 aliphatic heterocycles. The van der Waals surface area contributed by atoms with E-state index in [1.165, 1.54) is 6.26 Å². The molecule has 7 nitrogen and oxygen atoms in total. The van der Waals surface area contributed by atoms with E-state index in [0.29, 0.717) is 24.0 Å². The Labute approximate surface area is 136 Å². The number of oxazole rings is 1. The van der Waals surface area contributed by atoms with Gasteiger partial charge in [-0.3, -0.25) is 14.7 Å². The molecule has 0 aliphatic carbocycles. The summed E-state index contributed by atoms with van der Waals surface area (Å²) in [6, 6.07) is -0.276. The van der Waals surface area contributed by atoms with Crippen molar-refractivity contribution in [2.75, 3.05) is 26.2 Å². The summed E-state index contributed by atoms with van der Waals surface area (Å²) in [6.07, 6.45) is 4.19. The number of aromatic nitrogens is 1. The van der Waals surface area contributed by atoms with Crippen molar-refractivity contribution in [1.29, 1.82) is 0 Å². The fourth-order valence-corrected chi connectivity index (χ4v) is 3.12. The van der Waals surface area contributed by atoms with Gasteiger partial charge in [0.25, 0.3) is 5.91 Å². The number of carbonyl (C=O) groups is 1. The van der Waals surface area contributed by atoms with E-state index in [4.69, 9.17) is 10.2 Å². The van der Waals surface area contributed by atoms with Crippen LogP contribution in [0.5, 0.6) is 0 Å². The van der Waals surface area contributed by atoms with Gasteiger partial charge < -0.3 is 15.1 Å². The maximum atomic E-state index is 12.8. The molecular formula is C16H25N5O2. The number of nitrogens with two attached hydrogens (primary N) is 1. The van der Waals surface area contributed by atoms with E-state index in [1.807, 2.05) is 0 Å². The molecule has 0 saturated carbocycles. The van der Waals surface area contributed by atoms with E-state index in [2.05, 4.69) is 28.7 Å². The summed E-state index contributed by atoms with van der Waals surface area (Å²) in [5, 5.41) is 0. The Balaban J connectivity index is 1.75. The minimum absolute atomic E-state index is 0.151. The highest BCUT2D eigenvalue weighted by molar-refractivity contribution is 6.05. The zero-order valence-electron chi connectivity index (χ0n) is 13.9. The molecule has 0 radical (unpaired) electrons. The van der Waals surface area contributed by atoms with Crippen molar-refractivity contribution >= 4 is 11.9 Å². The average Bonchev–Trinajstić information content (AvgIpc) is 3.03. The molecule has 2 N–H and O–H groups in total. The summed E-state index contributed by atoms with van der Waals surface area (Å²) in [6.45, 7) is 7.57. The minimum atomic E-state index is -0.276. The minimum Gasteiger partial charge on any atom is -0.446 e. The second kappa shape index (κ2) is 6.70. The van der Waals surface area contributed by atoms with E-state index in [9.17, 15) is 4.79 Å². The zero-order chi connectivity index (χ0) is 16.4. The molecule has 0 aromatic carbocycles. The topological polar surface area (TPSA) is 88.0 Å². The number of hydrogen-bond acceptors (Lipinski definition) is 6. The molecule has 1 unspecified atom stereocenters. The van der Waals surface area contributed by atoms with Gasteiger partial charge in [0, 0.05) is 26.2 Å². The van der Waals surface area contributed by atoms with Crippen LogP contribution in [-0.4, -0.2) is 52.8 Å². The Kier molecular flexibility index (Phi) is 4.66. The fraction of sp³-hybridized carbons (Fsp3) is 0.688. The third kappa shape index (κ3) is 3.39. The van der Waals surface area contributed by atoms with Crippen molar-refractivity contribution in [3.63, 3.8) is 0 Å². The molecule has 7 heteroatoms.